The molecule has 3 N–H and O–H groups in total. The number of hydrogen-bond acceptors (Lipinski definition) is 3. The molecule has 0 aliphatic heterocycles. The normalized spacial score (nSPS) is 22.9. The second kappa shape index (κ2) is 8.86. The Kier molecular flexibility index (Phi) is 6.84. The predicted molar refractivity (Wildman–Crippen MR) is 94.4 cm³/mol. The Morgan fingerprint density at radius 1 is 1.21 bits per heavy atom. The Bertz CT molecular complexity index is 582. The molecule has 0 bridgehead atoms. The van der Waals surface area contributed by atoms with Crippen LogP contribution >= 0.6 is 0 Å². The first-order valence-electron chi connectivity index (χ1n) is 8.76. The molecule has 0 heterocycles. The van der Waals surface area contributed by atoms with Gasteiger partial charge in [0.1, 0.15) is 0 Å². The number of aliphatic carboxylic acids is 1. The molecule has 0 unspecified atom stereocenters. The van der Waals surface area contributed by atoms with Crippen molar-refractivity contribution in [3.05, 3.63) is 35.9 Å². The average molecular weight is 329 g/mol. The van der Waals surface area contributed by atoms with Gasteiger partial charge in [0.25, 0.3) is 0 Å². The van der Waals surface area contributed by atoms with Gasteiger partial charge in [0, 0.05) is 12.3 Å². The van der Waals surface area contributed by atoms with Crippen LogP contribution < -0.4 is 5.32 Å². The van der Waals surface area contributed by atoms with Crippen molar-refractivity contribution < 1.29 is 15.0 Å². The maximum atomic E-state index is 11.8. The molecule has 1 atom stereocenters. The Morgan fingerprint density at radius 2 is 1.88 bits per heavy atom. The highest BCUT2D eigenvalue weighted by atomic mass is 16.4. The molecule has 130 valence electrons. The first kappa shape index (κ1) is 18.5. The van der Waals surface area contributed by atoms with Crippen LogP contribution in [0.15, 0.2) is 30.3 Å². The van der Waals surface area contributed by atoms with Gasteiger partial charge in [-0.3, -0.25) is 0 Å². The lowest BCUT2D eigenvalue weighted by molar-refractivity contribution is -0.169. The topological polar surface area (TPSA) is 69.6 Å². The molecule has 0 radical (unpaired) electrons. The number of aliphatic hydroxyl groups is 1. The van der Waals surface area contributed by atoms with Gasteiger partial charge in [-0.1, -0.05) is 43.2 Å². The summed E-state index contributed by atoms with van der Waals surface area (Å²) in [6.07, 6.45) is 4.13. The Labute approximate surface area is 144 Å². The highest BCUT2D eigenvalue weighted by Gasteiger charge is 2.46. The third-order valence-corrected chi connectivity index (χ3v) is 4.96. The number of rotatable bonds is 6. The summed E-state index contributed by atoms with van der Waals surface area (Å²) >= 11 is 0. The third kappa shape index (κ3) is 4.37. The molecule has 1 saturated carbocycles. The minimum atomic E-state index is -1.79. The molecule has 1 aliphatic rings. The van der Waals surface area contributed by atoms with E-state index in [1.165, 1.54) is 0 Å². The zero-order valence-corrected chi connectivity index (χ0v) is 14.3. The van der Waals surface area contributed by atoms with E-state index in [1.807, 2.05) is 6.07 Å². The highest BCUT2D eigenvalue weighted by Crippen LogP contribution is 2.42. The lowest BCUT2D eigenvalue weighted by Gasteiger charge is -2.37. The van der Waals surface area contributed by atoms with Crippen LogP contribution in [-0.4, -0.2) is 29.3 Å². The fourth-order valence-corrected chi connectivity index (χ4v) is 3.48. The van der Waals surface area contributed by atoms with Crippen molar-refractivity contribution >= 4 is 5.97 Å². The average Bonchev–Trinajstić information content (AvgIpc) is 2.62. The number of carboxylic acid groups (broad SMARTS) is 1. The Balaban J connectivity index is 1.96. The smallest absolute Gasteiger partial charge is 0.340 e. The SMILES string of the molecule is CCNCC#CCC1CCC([C@@](O)(C(=O)O)c2ccccc2)CC1. The van der Waals surface area contributed by atoms with Crippen LogP contribution in [0.25, 0.3) is 0 Å². The highest BCUT2D eigenvalue weighted by molar-refractivity contribution is 5.79. The van der Waals surface area contributed by atoms with Gasteiger partial charge < -0.3 is 15.5 Å². The second-order valence-electron chi connectivity index (χ2n) is 6.49. The van der Waals surface area contributed by atoms with Crippen LogP contribution in [0.2, 0.25) is 0 Å². The molecule has 4 heteroatoms. The van der Waals surface area contributed by atoms with Crippen molar-refractivity contribution in [2.45, 2.75) is 44.6 Å². The van der Waals surface area contributed by atoms with E-state index < -0.39 is 11.6 Å². The van der Waals surface area contributed by atoms with Crippen LogP contribution in [0.5, 0.6) is 0 Å². The first-order valence-corrected chi connectivity index (χ1v) is 8.76. The summed E-state index contributed by atoms with van der Waals surface area (Å²) in [5.74, 6) is 5.43. The summed E-state index contributed by atoms with van der Waals surface area (Å²) in [6, 6.07) is 8.77. The molecule has 0 saturated heterocycles. The fourth-order valence-electron chi connectivity index (χ4n) is 3.48. The molecule has 24 heavy (non-hydrogen) atoms. The van der Waals surface area contributed by atoms with E-state index in [9.17, 15) is 15.0 Å². The second-order valence-corrected chi connectivity index (χ2v) is 6.49. The van der Waals surface area contributed by atoms with E-state index in [2.05, 4.69) is 24.1 Å². The van der Waals surface area contributed by atoms with Crippen LogP contribution in [-0.2, 0) is 10.4 Å². The molecule has 0 amide bonds. The lowest BCUT2D eigenvalue weighted by atomic mass is 9.70. The van der Waals surface area contributed by atoms with Crippen LogP contribution in [0.1, 0.15) is 44.6 Å². The molecule has 0 spiro atoms. The standard InChI is InChI=1S/C20H27NO3/c1-2-21-15-7-6-8-16-11-13-18(14-12-16)20(24,19(22)23)17-9-4-3-5-10-17/h3-5,9-10,16,18,21,24H,2,8,11-15H2,1H3,(H,22,23)/t16?,18?,20-/m1/s1. The van der Waals surface area contributed by atoms with Crippen molar-refractivity contribution in [1.29, 1.82) is 0 Å². The van der Waals surface area contributed by atoms with Crippen molar-refractivity contribution in [2.75, 3.05) is 13.1 Å². The van der Waals surface area contributed by atoms with Gasteiger partial charge >= 0.3 is 5.97 Å². The molecule has 1 aromatic carbocycles. The third-order valence-electron chi connectivity index (χ3n) is 4.96. The van der Waals surface area contributed by atoms with E-state index in [4.69, 9.17) is 0 Å². The number of hydrogen-bond donors (Lipinski definition) is 3. The van der Waals surface area contributed by atoms with E-state index in [0.29, 0.717) is 11.5 Å². The Morgan fingerprint density at radius 3 is 2.46 bits per heavy atom. The molecular weight excluding hydrogens is 302 g/mol. The van der Waals surface area contributed by atoms with Crippen LogP contribution in [0.4, 0.5) is 0 Å². The van der Waals surface area contributed by atoms with Crippen molar-refractivity contribution in [2.24, 2.45) is 11.8 Å². The largest absolute Gasteiger partial charge is 0.479 e. The minimum absolute atomic E-state index is 0.247. The summed E-state index contributed by atoms with van der Waals surface area (Å²) in [6.45, 7) is 3.70. The maximum Gasteiger partial charge on any atom is 0.340 e. The number of carboxylic acids is 1. The molecule has 0 aromatic heterocycles. The van der Waals surface area contributed by atoms with Gasteiger partial charge in [-0.25, -0.2) is 4.79 Å². The zero-order chi connectivity index (χ0) is 17.4. The minimum Gasteiger partial charge on any atom is -0.479 e. The molecule has 1 aromatic rings. The number of benzene rings is 1. The van der Waals surface area contributed by atoms with Crippen LogP contribution in [0, 0.1) is 23.7 Å². The lowest BCUT2D eigenvalue weighted by Crippen LogP contribution is -2.44. The number of nitrogens with one attached hydrogen (secondary N) is 1. The van der Waals surface area contributed by atoms with E-state index in [1.54, 1.807) is 24.3 Å². The van der Waals surface area contributed by atoms with Crippen molar-refractivity contribution in [1.82, 2.24) is 5.32 Å². The monoisotopic (exact) mass is 329 g/mol. The quantitative estimate of drug-likeness (QED) is 0.554. The van der Waals surface area contributed by atoms with Crippen molar-refractivity contribution in [3.63, 3.8) is 0 Å². The van der Waals surface area contributed by atoms with Gasteiger partial charge in [0.05, 0.1) is 6.54 Å². The summed E-state index contributed by atoms with van der Waals surface area (Å²) in [5.41, 5.74) is -1.31. The fraction of sp³-hybridized carbons (Fsp3) is 0.550. The van der Waals surface area contributed by atoms with E-state index in [0.717, 1.165) is 45.2 Å². The molecule has 1 fully saturated rings. The Hall–Kier alpha value is -1.83. The summed E-state index contributed by atoms with van der Waals surface area (Å²) in [7, 11) is 0. The van der Waals surface area contributed by atoms with Gasteiger partial charge in [0.15, 0.2) is 5.60 Å². The summed E-state index contributed by atoms with van der Waals surface area (Å²) < 4.78 is 0. The van der Waals surface area contributed by atoms with Gasteiger partial charge in [0.2, 0.25) is 0 Å². The summed E-state index contributed by atoms with van der Waals surface area (Å²) in [4.78, 5) is 11.8. The zero-order valence-electron chi connectivity index (χ0n) is 14.3. The van der Waals surface area contributed by atoms with E-state index >= 15 is 0 Å². The molecule has 1 aliphatic carbocycles. The number of carbonyl (C=O) groups is 1. The maximum absolute atomic E-state index is 11.8. The summed E-state index contributed by atoms with van der Waals surface area (Å²) in [5, 5.41) is 23.7. The van der Waals surface area contributed by atoms with Gasteiger partial charge in [-0.2, -0.15) is 0 Å². The van der Waals surface area contributed by atoms with Gasteiger partial charge in [-0.15, -0.1) is 5.92 Å². The van der Waals surface area contributed by atoms with Crippen molar-refractivity contribution in [3.8, 4) is 11.8 Å². The molecule has 2 rings (SSSR count). The first-order chi connectivity index (χ1) is 11.6. The van der Waals surface area contributed by atoms with Crippen LogP contribution in [0.3, 0.4) is 0 Å². The van der Waals surface area contributed by atoms with E-state index in [-0.39, 0.29) is 5.92 Å². The molecular formula is C20H27NO3. The van der Waals surface area contributed by atoms with Gasteiger partial charge in [-0.05, 0) is 43.7 Å². The predicted octanol–water partition coefficient (Wildman–Crippen LogP) is 2.77. The molecule has 4 nitrogen and oxygen atoms in total.